The number of aryl methyl sites for hydroxylation is 3. The van der Waals surface area contributed by atoms with E-state index in [0.29, 0.717) is 12.1 Å². The molecule has 0 radical (unpaired) electrons. The molecule has 0 unspecified atom stereocenters. The molecule has 0 saturated heterocycles. The maximum Gasteiger partial charge on any atom is 0.339 e. The molecule has 0 aromatic carbocycles. The van der Waals surface area contributed by atoms with Gasteiger partial charge in [-0.2, -0.15) is 10.2 Å². The van der Waals surface area contributed by atoms with Crippen LogP contribution in [-0.2, 0) is 13.5 Å². The molecule has 0 aliphatic carbocycles. The molecule has 0 spiro atoms. The largest absolute Gasteiger partial charge is 0.478 e. The average molecular weight is 279 g/mol. The molecule has 2 heterocycles. The zero-order chi connectivity index (χ0) is 15.0. The van der Waals surface area contributed by atoms with Crippen molar-refractivity contribution in [3.8, 4) is 5.82 Å². The van der Waals surface area contributed by atoms with Crippen molar-refractivity contribution in [3.63, 3.8) is 0 Å². The van der Waals surface area contributed by atoms with E-state index in [-0.39, 0.29) is 22.8 Å². The quantitative estimate of drug-likeness (QED) is 0.661. The Bertz CT molecular complexity index is 700. The lowest BCUT2D eigenvalue weighted by Gasteiger charge is -2.00. The van der Waals surface area contributed by atoms with Gasteiger partial charge >= 0.3 is 11.7 Å². The fraction of sp³-hybridized carbons (Fsp3) is 0.364. The maximum atomic E-state index is 11.2. The van der Waals surface area contributed by atoms with Gasteiger partial charge in [0.2, 0.25) is 5.82 Å². The van der Waals surface area contributed by atoms with Crippen LogP contribution < -0.4 is 0 Å². The maximum absolute atomic E-state index is 11.2. The molecule has 106 valence electrons. The first-order valence-electron chi connectivity index (χ1n) is 5.87. The van der Waals surface area contributed by atoms with Crippen molar-refractivity contribution in [1.29, 1.82) is 0 Å². The van der Waals surface area contributed by atoms with Crippen molar-refractivity contribution in [3.05, 3.63) is 33.3 Å². The Morgan fingerprint density at radius 3 is 2.60 bits per heavy atom. The van der Waals surface area contributed by atoms with E-state index >= 15 is 0 Å². The van der Waals surface area contributed by atoms with Gasteiger partial charge in [0.05, 0.1) is 10.6 Å². The predicted octanol–water partition coefficient (Wildman–Crippen LogP) is 1.08. The highest BCUT2D eigenvalue weighted by molar-refractivity contribution is 5.88. The van der Waals surface area contributed by atoms with Gasteiger partial charge in [0.25, 0.3) is 0 Å². The molecule has 20 heavy (non-hydrogen) atoms. The van der Waals surface area contributed by atoms with Gasteiger partial charge in [-0.1, -0.05) is 6.92 Å². The molecule has 9 heteroatoms. The first-order valence-corrected chi connectivity index (χ1v) is 5.87. The van der Waals surface area contributed by atoms with E-state index in [0.717, 1.165) is 0 Å². The summed E-state index contributed by atoms with van der Waals surface area (Å²) in [5, 5.41) is 28.3. The van der Waals surface area contributed by atoms with Crippen LogP contribution in [-0.4, -0.2) is 35.6 Å². The summed E-state index contributed by atoms with van der Waals surface area (Å²) >= 11 is 0. The van der Waals surface area contributed by atoms with Crippen LogP contribution in [0.15, 0.2) is 6.20 Å². The summed E-state index contributed by atoms with van der Waals surface area (Å²) in [4.78, 5) is 21.7. The van der Waals surface area contributed by atoms with E-state index in [2.05, 4.69) is 10.2 Å². The third-order valence-electron chi connectivity index (χ3n) is 2.93. The molecule has 0 atom stereocenters. The van der Waals surface area contributed by atoms with Gasteiger partial charge in [-0.15, -0.1) is 0 Å². The van der Waals surface area contributed by atoms with Crippen LogP contribution in [0.2, 0.25) is 0 Å². The van der Waals surface area contributed by atoms with Crippen molar-refractivity contribution in [2.75, 3.05) is 0 Å². The van der Waals surface area contributed by atoms with Crippen LogP contribution in [0, 0.1) is 17.0 Å². The molecule has 9 nitrogen and oxygen atoms in total. The van der Waals surface area contributed by atoms with Gasteiger partial charge in [-0.3, -0.25) is 10.1 Å². The fourth-order valence-corrected chi connectivity index (χ4v) is 2.02. The SMILES string of the molecule is CCc1nn(C)c(-n2cc(C(=O)O)c(C)n2)c1[N+](=O)[O-]. The fourth-order valence-electron chi connectivity index (χ4n) is 2.02. The molecular formula is C11H13N5O4. The van der Waals surface area contributed by atoms with Crippen LogP contribution >= 0.6 is 0 Å². The summed E-state index contributed by atoms with van der Waals surface area (Å²) in [5.41, 5.74) is 0.455. The van der Waals surface area contributed by atoms with E-state index < -0.39 is 10.9 Å². The molecular weight excluding hydrogens is 266 g/mol. The molecule has 1 N–H and O–H groups in total. The topological polar surface area (TPSA) is 116 Å². The van der Waals surface area contributed by atoms with E-state index in [4.69, 9.17) is 5.11 Å². The number of rotatable bonds is 4. The molecule has 2 aromatic heterocycles. The highest BCUT2D eigenvalue weighted by Crippen LogP contribution is 2.27. The van der Waals surface area contributed by atoms with Gasteiger partial charge in [-0.25, -0.2) is 14.2 Å². The molecule has 0 bridgehead atoms. The van der Waals surface area contributed by atoms with E-state index in [1.807, 2.05) is 0 Å². The monoisotopic (exact) mass is 279 g/mol. The normalized spacial score (nSPS) is 10.8. The van der Waals surface area contributed by atoms with Crippen LogP contribution in [0.3, 0.4) is 0 Å². The Morgan fingerprint density at radius 1 is 1.50 bits per heavy atom. The number of carboxylic acid groups (broad SMARTS) is 1. The molecule has 0 amide bonds. The number of aromatic carboxylic acids is 1. The Morgan fingerprint density at radius 2 is 2.15 bits per heavy atom. The van der Waals surface area contributed by atoms with Crippen LogP contribution in [0.25, 0.3) is 5.82 Å². The molecule has 0 saturated carbocycles. The summed E-state index contributed by atoms with van der Waals surface area (Å²) in [6, 6.07) is 0. The number of hydrogen-bond acceptors (Lipinski definition) is 5. The van der Waals surface area contributed by atoms with Crippen molar-refractivity contribution in [1.82, 2.24) is 19.6 Å². The number of aromatic nitrogens is 4. The average Bonchev–Trinajstić information content (AvgIpc) is 2.89. The Labute approximate surface area is 113 Å². The number of carbonyl (C=O) groups is 1. The molecule has 0 aliphatic rings. The number of nitro groups is 1. The lowest BCUT2D eigenvalue weighted by molar-refractivity contribution is -0.385. The molecule has 0 fully saturated rings. The lowest BCUT2D eigenvalue weighted by atomic mass is 10.3. The zero-order valence-electron chi connectivity index (χ0n) is 11.2. The summed E-state index contributed by atoms with van der Waals surface area (Å²) in [5.74, 6) is -0.989. The second-order valence-electron chi connectivity index (χ2n) is 4.23. The molecule has 2 rings (SSSR count). The molecule has 0 aliphatic heterocycles. The third-order valence-corrected chi connectivity index (χ3v) is 2.93. The van der Waals surface area contributed by atoms with Gasteiger partial charge in [-0.05, 0) is 13.3 Å². The minimum absolute atomic E-state index is 0.00135. The smallest absolute Gasteiger partial charge is 0.339 e. The van der Waals surface area contributed by atoms with Crippen molar-refractivity contribution in [2.24, 2.45) is 7.05 Å². The van der Waals surface area contributed by atoms with E-state index in [9.17, 15) is 14.9 Å². The second-order valence-corrected chi connectivity index (χ2v) is 4.23. The van der Waals surface area contributed by atoms with E-state index in [1.165, 1.54) is 22.5 Å². The summed E-state index contributed by atoms with van der Waals surface area (Å²) in [6.07, 6.45) is 1.65. The minimum Gasteiger partial charge on any atom is -0.478 e. The highest BCUT2D eigenvalue weighted by Gasteiger charge is 2.28. The van der Waals surface area contributed by atoms with Crippen LogP contribution in [0.1, 0.15) is 28.7 Å². The summed E-state index contributed by atoms with van der Waals surface area (Å²) in [7, 11) is 1.55. The van der Waals surface area contributed by atoms with Gasteiger partial charge in [0.1, 0.15) is 11.3 Å². The van der Waals surface area contributed by atoms with Gasteiger partial charge in [0.15, 0.2) is 0 Å². The minimum atomic E-state index is -1.13. The van der Waals surface area contributed by atoms with Gasteiger partial charge < -0.3 is 5.11 Å². The Kier molecular flexibility index (Phi) is 3.26. The first-order chi connectivity index (χ1) is 9.36. The van der Waals surface area contributed by atoms with Crippen molar-refractivity contribution in [2.45, 2.75) is 20.3 Å². The first kappa shape index (κ1) is 13.7. The highest BCUT2D eigenvalue weighted by atomic mass is 16.6. The number of nitrogens with zero attached hydrogens (tertiary/aromatic N) is 5. The summed E-state index contributed by atoms with van der Waals surface area (Å²) in [6.45, 7) is 3.29. The van der Waals surface area contributed by atoms with Gasteiger partial charge in [0, 0.05) is 13.2 Å². The van der Waals surface area contributed by atoms with Crippen LogP contribution in [0.4, 0.5) is 5.69 Å². The number of hydrogen-bond donors (Lipinski definition) is 1. The molecule has 2 aromatic rings. The Hall–Kier alpha value is -2.71. The predicted molar refractivity (Wildman–Crippen MR) is 68.1 cm³/mol. The number of carboxylic acids is 1. The standard InChI is InChI=1S/C11H13N5O4/c1-4-8-9(16(19)20)10(14(3)13-8)15-5-7(11(17)18)6(2)12-15/h5H,4H2,1-3H3,(H,17,18). The van der Waals surface area contributed by atoms with Crippen molar-refractivity contribution < 1.29 is 14.8 Å². The zero-order valence-corrected chi connectivity index (χ0v) is 11.2. The Balaban J connectivity index is 2.69. The third kappa shape index (κ3) is 2.02. The van der Waals surface area contributed by atoms with Crippen LogP contribution in [0.5, 0.6) is 0 Å². The van der Waals surface area contributed by atoms with E-state index in [1.54, 1.807) is 14.0 Å². The van der Waals surface area contributed by atoms with Crippen molar-refractivity contribution >= 4 is 11.7 Å². The second kappa shape index (κ2) is 4.76. The lowest BCUT2D eigenvalue weighted by Crippen LogP contribution is -2.06. The summed E-state index contributed by atoms with van der Waals surface area (Å²) < 4.78 is 2.51.